The third-order valence-corrected chi connectivity index (χ3v) is 5.36. The molecule has 134 valence electrons. The van der Waals surface area contributed by atoms with E-state index in [1.54, 1.807) is 0 Å². The highest BCUT2D eigenvalue weighted by Crippen LogP contribution is 2.34. The molecule has 1 aromatic heterocycles. The first-order valence-electron chi connectivity index (χ1n) is 9.68. The molecule has 1 saturated carbocycles. The van der Waals surface area contributed by atoms with E-state index in [9.17, 15) is 4.79 Å². The zero-order chi connectivity index (χ0) is 17.8. The van der Waals surface area contributed by atoms with Crippen LogP contribution in [0.3, 0.4) is 0 Å². The Morgan fingerprint density at radius 2 is 1.85 bits per heavy atom. The van der Waals surface area contributed by atoms with E-state index < -0.39 is 0 Å². The monoisotopic (exact) mass is 346 g/mol. The minimum Gasteiger partial charge on any atom is -0.361 e. The molecule has 1 heterocycles. The molecule has 1 aliphatic carbocycles. The SMILES string of the molecule is O=C(CCCc1c[nH]c2ccccc12)NC(Cc1ccccc1)C1CC1. The standard InChI is InChI=1S/C23H26N2O/c26-23(12-6-9-19-16-24-21-11-5-4-10-20(19)21)25-22(18-13-14-18)15-17-7-2-1-3-8-17/h1-5,7-8,10-11,16,18,22,24H,6,9,12-15H2,(H,25,26). The average Bonchev–Trinajstić information content (AvgIpc) is 3.44. The highest BCUT2D eigenvalue weighted by molar-refractivity contribution is 5.83. The normalized spacial score (nSPS) is 15.1. The van der Waals surface area contributed by atoms with Gasteiger partial charge in [-0.2, -0.15) is 0 Å². The van der Waals surface area contributed by atoms with Crippen molar-refractivity contribution >= 4 is 16.8 Å². The Morgan fingerprint density at radius 1 is 1.08 bits per heavy atom. The molecule has 1 amide bonds. The molecule has 1 atom stereocenters. The number of hydrogen-bond acceptors (Lipinski definition) is 1. The average molecular weight is 346 g/mol. The predicted molar refractivity (Wildman–Crippen MR) is 106 cm³/mol. The lowest BCUT2D eigenvalue weighted by molar-refractivity contribution is -0.122. The number of nitrogens with one attached hydrogen (secondary N) is 2. The second kappa shape index (κ2) is 7.77. The lowest BCUT2D eigenvalue weighted by atomic mass is 10.0. The van der Waals surface area contributed by atoms with E-state index in [4.69, 9.17) is 0 Å². The van der Waals surface area contributed by atoms with Gasteiger partial charge in [0.05, 0.1) is 0 Å². The summed E-state index contributed by atoms with van der Waals surface area (Å²) in [6, 6.07) is 19.1. The topological polar surface area (TPSA) is 44.9 Å². The molecule has 0 saturated heterocycles. The van der Waals surface area contributed by atoms with Crippen LogP contribution in [0.5, 0.6) is 0 Å². The van der Waals surface area contributed by atoms with Gasteiger partial charge in [-0.1, -0.05) is 48.5 Å². The van der Waals surface area contributed by atoms with Crippen LogP contribution >= 0.6 is 0 Å². The van der Waals surface area contributed by atoms with Crippen molar-refractivity contribution in [2.75, 3.05) is 0 Å². The van der Waals surface area contributed by atoms with Gasteiger partial charge in [-0.05, 0) is 55.2 Å². The molecule has 3 heteroatoms. The Balaban J connectivity index is 1.28. The van der Waals surface area contributed by atoms with Gasteiger partial charge in [-0.25, -0.2) is 0 Å². The van der Waals surface area contributed by atoms with E-state index >= 15 is 0 Å². The number of benzene rings is 2. The van der Waals surface area contributed by atoms with Crippen LogP contribution in [0.2, 0.25) is 0 Å². The van der Waals surface area contributed by atoms with Gasteiger partial charge in [-0.3, -0.25) is 4.79 Å². The summed E-state index contributed by atoms with van der Waals surface area (Å²) in [5.41, 5.74) is 3.78. The Hall–Kier alpha value is -2.55. The van der Waals surface area contributed by atoms with Crippen LogP contribution in [0.4, 0.5) is 0 Å². The zero-order valence-corrected chi connectivity index (χ0v) is 15.1. The molecule has 0 aliphatic heterocycles. The lowest BCUT2D eigenvalue weighted by Gasteiger charge is -2.18. The summed E-state index contributed by atoms with van der Waals surface area (Å²) < 4.78 is 0. The van der Waals surface area contributed by atoms with Gasteiger partial charge in [0.1, 0.15) is 0 Å². The smallest absolute Gasteiger partial charge is 0.220 e. The highest BCUT2D eigenvalue weighted by atomic mass is 16.1. The Morgan fingerprint density at radius 3 is 2.65 bits per heavy atom. The number of H-pyrrole nitrogens is 1. The molecule has 1 aliphatic rings. The molecule has 3 nitrogen and oxygen atoms in total. The summed E-state index contributed by atoms with van der Waals surface area (Å²) in [5, 5.41) is 4.57. The first kappa shape index (κ1) is 16.9. The largest absolute Gasteiger partial charge is 0.361 e. The third-order valence-electron chi connectivity index (χ3n) is 5.36. The number of fused-ring (bicyclic) bond motifs is 1. The minimum atomic E-state index is 0.192. The molecule has 0 radical (unpaired) electrons. The van der Waals surface area contributed by atoms with E-state index in [1.807, 2.05) is 12.1 Å². The Labute approximate surface area is 154 Å². The Bertz CT molecular complexity index is 864. The fourth-order valence-electron chi connectivity index (χ4n) is 3.76. The van der Waals surface area contributed by atoms with E-state index in [0.717, 1.165) is 19.3 Å². The summed E-state index contributed by atoms with van der Waals surface area (Å²) >= 11 is 0. The first-order chi connectivity index (χ1) is 12.8. The van der Waals surface area contributed by atoms with Gasteiger partial charge < -0.3 is 10.3 Å². The summed E-state index contributed by atoms with van der Waals surface area (Å²) in [6.45, 7) is 0. The summed E-state index contributed by atoms with van der Waals surface area (Å²) in [4.78, 5) is 15.8. The summed E-state index contributed by atoms with van der Waals surface area (Å²) in [6.07, 6.45) is 7.92. The lowest BCUT2D eigenvalue weighted by Crippen LogP contribution is -2.38. The van der Waals surface area contributed by atoms with Crippen molar-refractivity contribution in [1.82, 2.24) is 10.3 Å². The van der Waals surface area contributed by atoms with Gasteiger partial charge in [-0.15, -0.1) is 0 Å². The van der Waals surface area contributed by atoms with Crippen LogP contribution in [0.1, 0.15) is 36.8 Å². The number of aromatic amines is 1. The maximum absolute atomic E-state index is 12.4. The van der Waals surface area contributed by atoms with Crippen LogP contribution in [-0.4, -0.2) is 16.9 Å². The van der Waals surface area contributed by atoms with Crippen LogP contribution in [0.15, 0.2) is 60.8 Å². The minimum absolute atomic E-state index is 0.192. The predicted octanol–water partition coefficient (Wildman–Crippen LogP) is 4.63. The van der Waals surface area contributed by atoms with Crippen molar-refractivity contribution in [3.05, 3.63) is 71.9 Å². The van der Waals surface area contributed by atoms with E-state index in [0.29, 0.717) is 12.3 Å². The number of carbonyl (C=O) groups excluding carboxylic acids is 1. The number of carbonyl (C=O) groups is 1. The van der Waals surface area contributed by atoms with Gasteiger partial charge in [0, 0.05) is 29.6 Å². The van der Waals surface area contributed by atoms with E-state index in [2.05, 4.69) is 59.0 Å². The van der Waals surface area contributed by atoms with Crippen LogP contribution < -0.4 is 5.32 Å². The maximum atomic E-state index is 12.4. The molecular weight excluding hydrogens is 320 g/mol. The molecule has 3 aromatic rings. The fraction of sp³-hybridized carbons (Fsp3) is 0.348. The summed E-state index contributed by atoms with van der Waals surface area (Å²) in [5.74, 6) is 0.852. The molecule has 0 bridgehead atoms. The van der Waals surface area contributed by atoms with Crippen molar-refractivity contribution < 1.29 is 4.79 Å². The number of amides is 1. The summed E-state index contributed by atoms with van der Waals surface area (Å²) in [7, 11) is 0. The van der Waals surface area contributed by atoms with Crippen LogP contribution in [0, 0.1) is 5.92 Å². The van der Waals surface area contributed by atoms with Gasteiger partial charge in [0.15, 0.2) is 0 Å². The maximum Gasteiger partial charge on any atom is 0.220 e. The van der Waals surface area contributed by atoms with Crippen LogP contribution in [0.25, 0.3) is 10.9 Å². The van der Waals surface area contributed by atoms with E-state index in [1.165, 1.54) is 34.9 Å². The molecule has 0 spiro atoms. The first-order valence-corrected chi connectivity index (χ1v) is 9.68. The molecule has 2 N–H and O–H groups in total. The molecule has 2 aromatic carbocycles. The van der Waals surface area contributed by atoms with Crippen molar-refractivity contribution in [3.8, 4) is 0 Å². The number of hydrogen-bond donors (Lipinski definition) is 2. The van der Waals surface area contributed by atoms with Gasteiger partial charge >= 0.3 is 0 Å². The second-order valence-electron chi connectivity index (χ2n) is 7.41. The quantitative estimate of drug-likeness (QED) is 0.614. The van der Waals surface area contributed by atoms with Crippen molar-refractivity contribution in [3.63, 3.8) is 0 Å². The van der Waals surface area contributed by atoms with E-state index in [-0.39, 0.29) is 11.9 Å². The van der Waals surface area contributed by atoms with Crippen molar-refractivity contribution in [1.29, 1.82) is 0 Å². The number of para-hydroxylation sites is 1. The number of aryl methyl sites for hydroxylation is 1. The molecule has 26 heavy (non-hydrogen) atoms. The van der Waals surface area contributed by atoms with Crippen molar-refractivity contribution in [2.45, 2.75) is 44.6 Å². The molecular formula is C23H26N2O. The zero-order valence-electron chi connectivity index (χ0n) is 15.1. The third kappa shape index (κ3) is 4.16. The second-order valence-corrected chi connectivity index (χ2v) is 7.41. The number of aromatic nitrogens is 1. The van der Waals surface area contributed by atoms with Gasteiger partial charge in [0.2, 0.25) is 5.91 Å². The Kier molecular flexibility index (Phi) is 5.05. The fourth-order valence-corrected chi connectivity index (χ4v) is 3.76. The van der Waals surface area contributed by atoms with Gasteiger partial charge in [0.25, 0.3) is 0 Å². The van der Waals surface area contributed by atoms with Crippen LogP contribution in [-0.2, 0) is 17.6 Å². The molecule has 4 rings (SSSR count). The molecule has 1 fully saturated rings. The number of rotatable bonds is 8. The highest BCUT2D eigenvalue weighted by Gasteiger charge is 2.32. The van der Waals surface area contributed by atoms with Crippen molar-refractivity contribution in [2.24, 2.45) is 5.92 Å². The molecule has 1 unspecified atom stereocenters.